The highest BCUT2D eigenvalue weighted by molar-refractivity contribution is 6.35. The van der Waals surface area contributed by atoms with Crippen LogP contribution in [0.3, 0.4) is 0 Å². The quantitative estimate of drug-likeness (QED) is 0.702. The molecule has 1 heterocycles. The number of ether oxygens (including phenoxy) is 1. The first kappa shape index (κ1) is 21.0. The van der Waals surface area contributed by atoms with E-state index in [1.54, 1.807) is 0 Å². The number of hydrogen-bond acceptors (Lipinski definition) is 4. The van der Waals surface area contributed by atoms with Gasteiger partial charge in [-0.25, -0.2) is 0 Å². The van der Waals surface area contributed by atoms with Crippen LogP contribution in [0.2, 0.25) is 0 Å². The van der Waals surface area contributed by atoms with E-state index >= 15 is 0 Å². The lowest BCUT2D eigenvalue weighted by atomic mass is 10.0. The van der Waals surface area contributed by atoms with E-state index < -0.39 is 11.8 Å². The molecule has 0 aromatic heterocycles. The molecule has 154 valence electrons. The van der Waals surface area contributed by atoms with E-state index in [1.165, 1.54) is 5.56 Å². The summed E-state index contributed by atoms with van der Waals surface area (Å²) in [4.78, 5) is 26.7. The fraction of sp³-hybridized carbons (Fsp3) is 0.391. The fourth-order valence-corrected chi connectivity index (χ4v) is 3.45. The van der Waals surface area contributed by atoms with Gasteiger partial charge in [0.1, 0.15) is 0 Å². The van der Waals surface area contributed by atoms with E-state index in [2.05, 4.69) is 46.7 Å². The van der Waals surface area contributed by atoms with Gasteiger partial charge in [0.05, 0.1) is 19.3 Å². The molecule has 0 saturated carbocycles. The number of nitrogens with zero attached hydrogens (tertiary/aromatic N) is 1. The molecular formula is C23H29N3O3. The summed E-state index contributed by atoms with van der Waals surface area (Å²) in [5.41, 5.74) is 3.44. The van der Waals surface area contributed by atoms with E-state index in [0.717, 1.165) is 24.2 Å². The van der Waals surface area contributed by atoms with Gasteiger partial charge in [0, 0.05) is 26.2 Å². The molecule has 2 N–H and O–H groups in total. The van der Waals surface area contributed by atoms with Crippen LogP contribution >= 0.6 is 0 Å². The minimum Gasteiger partial charge on any atom is -0.379 e. The van der Waals surface area contributed by atoms with Crippen LogP contribution in [0.1, 0.15) is 22.7 Å². The molecule has 3 rings (SSSR count). The minimum absolute atomic E-state index is 0.0144. The van der Waals surface area contributed by atoms with Crippen LogP contribution in [0.5, 0.6) is 0 Å². The second kappa shape index (κ2) is 10.7. The highest BCUT2D eigenvalue weighted by Gasteiger charge is 2.24. The van der Waals surface area contributed by atoms with E-state index in [9.17, 15) is 9.59 Å². The smallest absolute Gasteiger partial charge is 0.309 e. The Morgan fingerprint density at radius 2 is 1.62 bits per heavy atom. The van der Waals surface area contributed by atoms with Crippen LogP contribution in [0, 0.1) is 6.92 Å². The lowest BCUT2D eigenvalue weighted by Gasteiger charge is -2.35. The predicted molar refractivity (Wildman–Crippen MR) is 112 cm³/mol. The number of hydrogen-bond donors (Lipinski definition) is 2. The van der Waals surface area contributed by atoms with Crippen molar-refractivity contribution in [3.05, 3.63) is 71.3 Å². The second-order valence-electron chi connectivity index (χ2n) is 7.28. The molecule has 2 aromatic rings. The second-order valence-corrected chi connectivity index (χ2v) is 7.28. The largest absolute Gasteiger partial charge is 0.379 e. The number of carbonyl (C=O) groups is 2. The number of morpholine rings is 1. The lowest BCUT2D eigenvalue weighted by molar-refractivity contribution is -0.139. The van der Waals surface area contributed by atoms with E-state index in [4.69, 9.17) is 4.74 Å². The van der Waals surface area contributed by atoms with Crippen molar-refractivity contribution in [2.75, 3.05) is 39.4 Å². The number of nitrogens with one attached hydrogen (secondary N) is 2. The van der Waals surface area contributed by atoms with Gasteiger partial charge in [-0.2, -0.15) is 0 Å². The molecule has 1 aliphatic rings. The van der Waals surface area contributed by atoms with Gasteiger partial charge in [-0.1, -0.05) is 60.2 Å². The average Bonchev–Trinajstić information content (AvgIpc) is 2.76. The Balaban J connectivity index is 1.52. The van der Waals surface area contributed by atoms with Gasteiger partial charge in [0.2, 0.25) is 0 Å². The van der Waals surface area contributed by atoms with E-state index in [1.807, 2.05) is 30.3 Å². The van der Waals surface area contributed by atoms with Crippen LogP contribution in [-0.4, -0.2) is 56.1 Å². The van der Waals surface area contributed by atoms with E-state index in [-0.39, 0.29) is 6.04 Å². The Hall–Kier alpha value is -2.70. The van der Waals surface area contributed by atoms with Gasteiger partial charge in [0.25, 0.3) is 0 Å². The summed E-state index contributed by atoms with van der Waals surface area (Å²) < 4.78 is 5.46. The van der Waals surface area contributed by atoms with Gasteiger partial charge in [-0.3, -0.25) is 14.5 Å². The molecule has 29 heavy (non-hydrogen) atoms. The Kier molecular flexibility index (Phi) is 7.78. The van der Waals surface area contributed by atoms with Crippen molar-refractivity contribution >= 4 is 11.8 Å². The fourth-order valence-electron chi connectivity index (χ4n) is 3.45. The first-order valence-corrected chi connectivity index (χ1v) is 10.1. The maximum atomic E-state index is 12.3. The van der Waals surface area contributed by atoms with Crippen LogP contribution in [0.15, 0.2) is 54.6 Å². The number of benzene rings is 2. The number of amides is 2. The van der Waals surface area contributed by atoms with Gasteiger partial charge in [0.15, 0.2) is 0 Å². The zero-order chi connectivity index (χ0) is 20.5. The Morgan fingerprint density at radius 3 is 2.31 bits per heavy atom. The van der Waals surface area contributed by atoms with Gasteiger partial charge < -0.3 is 15.4 Å². The molecule has 1 fully saturated rings. The normalized spacial score (nSPS) is 15.5. The molecule has 0 aliphatic carbocycles. The Bertz CT molecular complexity index is 787. The van der Waals surface area contributed by atoms with Gasteiger partial charge in [-0.05, 0) is 24.5 Å². The molecule has 2 amide bonds. The van der Waals surface area contributed by atoms with Crippen LogP contribution in [-0.2, 0) is 20.7 Å². The third-order valence-corrected chi connectivity index (χ3v) is 5.15. The molecule has 0 bridgehead atoms. The number of rotatable bonds is 7. The molecule has 6 heteroatoms. The summed E-state index contributed by atoms with van der Waals surface area (Å²) >= 11 is 0. The predicted octanol–water partition coefficient (Wildman–Crippen LogP) is 1.84. The molecule has 0 radical (unpaired) electrons. The topological polar surface area (TPSA) is 70.7 Å². The molecule has 1 saturated heterocycles. The van der Waals surface area contributed by atoms with Crippen LogP contribution in [0.4, 0.5) is 0 Å². The molecule has 1 unspecified atom stereocenters. The molecule has 0 spiro atoms. The first-order valence-electron chi connectivity index (χ1n) is 10.1. The average molecular weight is 396 g/mol. The molecule has 6 nitrogen and oxygen atoms in total. The Labute approximate surface area is 172 Å². The first-order chi connectivity index (χ1) is 14.1. The maximum Gasteiger partial charge on any atom is 0.309 e. The molecule has 2 aromatic carbocycles. The van der Waals surface area contributed by atoms with Crippen LogP contribution < -0.4 is 10.6 Å². The van der Waals surface area contributed by atoms with Crippen molar-refractivity contribution in [3.8, 4) is 0 Å². The van der Waals surface area contributed by atoms with Crippen molar-refractivity contribution < 1.29 is 14.3 Å². The van der Waals surface area contributed by atoms with Crippen LogP contribution in [0.25, 0.3) is 0 Å². The SMILES string of the molecule is Cc1ccc(C(CNC(=O)C(=O)NCCc2ccccc2)N2CCOCC2)cc1. The van der Waals surface area contributed by atoms with Crippen molar-refractivity contribution in [2.24, 2.45) is 0 Å². The lowest BCUT2D eigenvalue weighted by Crippen LogP contribution is -2.47. The molecule has 1 aliphatic heterocycles. The zero-order valence-electron chi connectivity index (χ0n) is 16.9. The Morgan fingerprint density at radius 1 is 0.966 bits per heavy atom. The van der Waals surface area contributed by atoms with Crippen molar-refractivity contribution in [2.45, 2.75) is 19.4 Å². The summed E-state index contributed by atoms with van der Waals surface area (Å²) in [6, 6.07) is 18.2. The standard InChI is InChI=1S/C23H29N3O3/c1-18-7-9-20(10-8-18)21(26-13-15-29-16-14-26)17-25-23(28)22(27)24-12-11-19-5-3-2-4-6-19/h2-10,21H,11-17H2,1H3,(H,24,27)(H,25,28). The van der Waals surface area contributed by atoms with Crippen molar-refractivity contribution in [1.29, 1.82) is 0 Å². The highest BCUT2D eigenvalue weighted by Crippen LogP contribution is 2.21. The van der Waals surface area contributed by atoms with Gasteiger partial charge in [-0.15, -0.1) is 0 Å². The number of carbonyl (C=O) groups excluding carboxylic acids is 2. The summed E-state index contributed by atoms with van der Waals surface area (Å²) in [5.74, 6) is -1.19. The summed E-state index contributed by atoms with van der Waals surface area (Å²) in [7, 11) is 0. The zero-order valence-corrected chi connectivity index (χ0v) is 16.9. The molecular weight excluding hydrogens is 366 g/mol. The van der Waals surface area contributed by atoms with Crippen molar-refractivity contribution in [3.63, 3.8) is 0 Å². The summed E-state index contributed by atoms with van der Waals surface area (Å²) in [6.07, 6.45) is 0.694. The maximum absolute atomic E-state index is 12.3. The summed E-state index contributed by atoms with van der Waals surface area (Å²) in [6.45, 7) is 5.83. The monoisotopic (exact) mass is 395 g/mol. The highest BCUT2D eigenvalue weighted by atomic mass is 16.5. The third-order valence-electron chi connectivity index (χ3n) is 5.15. The molecule has 1 atom stereocenters. The minimum atomic E-state index is -0.594. The third kappa shape index (κ3) is 6.41. The summed E-state index contributed by atoms with van der Waals surface area (Å²) in [5, 5.41) is 5.50. The number of aryl methyl sites for hydroxylation is 1. The van der Waals surface area contributed by atoms with Gasteiger partial charge >= 0.3 is 11.8 Å². The van der Waals surface area contributed by atoms with E-state index in [0.29, 0.717) is 32.7 Å². The van der Waals surface area contributed by atoms with Crippen molar-refractivity contribution in [1.82, 2.24) is 15.5 Å².